The lowest BCUT2D eigenvalue weighted by Crippen LogP contribution is -2.03. The van der Waals surface area contributed by atoms with Crippen molar-refractivity contribution in [2.75, 3.05) is 0 Å². The van der Waals surface area contributed by atoms with Gasteiger partial charge >= 0.3 is 5.97 Å². The minimum Gasteiger partial charge on any atom is -0.489 e. The molecule has 0 amide bonds. The van der Waals surface area contributed by atoms with Crippen molar-refractivity contribution in [3.63, 3.8) is 0 Å². The van der Waals surface area contributed by atoms with Crippen molar-refractivity contribution < 1.29 is 23.4 Å². The second-order valence-corrected chi connectivity index (χ2v) is 6.16. The molecule has 146 valence electrons. The van der Waals surface area contributed by atoms with Gasteiger partial charge < -0.3 is 14.2 Å². The fourth-order valence-electron chi connectivity index (χ4n) is 2.56. The second kappa shape index (κ2) is 8.85. The lowest BCUT2D eigenvalue weighted by atomic mass is 10.2. The van der Waals surface area contributed by atoms with Gasteiger partial charge in [0.2, 0.25) is 0 Å². The van der Waals surface area contributed by atoms with Crippen molar-refractivity contribution >= 4 is 5.97 Å². The van der Waals surface area contributed by atoms with Gasteiger partial charge in [-0.25, -0.2) is 4.39 Å². The standard InChI is InChI=1S/C22H17FN2O4/c1-14-9-17(3-4-21(14)28-15(2)26)29-22-11-18(10-20(23)19(22)12-24)27-13-16-5-7-25-8-6-16/h3-11H,13H2,1-2H3. The predicted molar refractivity (Wildman–Crippen MR) is 102 cm³/mol. The molecule has 0 bridgehead atoms. The van der Waals surface area contributed by atoms with Crippen LogP contribution in [0.1, 0.15) is 23.6 Å². The molecule has 0 aliphatic rings. The van der Waals surface area contributed by atoms with Crippen molar-refractivity contribution in [3.8, 4) is 29.1 Å². The van der Waals surface area contributed by atoms with Gasteiger partial charge in [0.05, 0.1) is 0 Å². The Labute approximate surface area is 167 Å². The molecular formula is C22H17FN2O4. The van der Waals surface area contributed by atoms with Gasteiger partial charge in [0.1, 0.15) is 41.3 Å². The molecule has 7 heteroatoms. The second-order valence-electron chi connectivity index (χ2n) is 6.16. The van der Waals surface area contributed by atoms with Crippen LogP contribution >= 0.6 is 0 Å². The maximum Gasteiger partial charge on any atom is 0.308 e. The number of aryl methyl sites for hydroxylation is 1. The molecule has 0 saturated heterocycles. The van der Waals surface area contributed by atoms with Crippen LogP contribution in [0.15, 0.2) is 54.9 Å². The van der Waals surface area contributed by atoms with Gasteiger partial charge in [-0.3, -0.25) is 9.78 Å². The highest BCUT2D eigenvalue weighted by Gasteiger charge is 2.15. The molecule has 29 heavy (non-hydrogen) atoms. The van der Waals surface area contributed by atoms with E-state index in [1.54, 1.807) is 55.7 Å². The number of benzene rings is 2. The number of hydrogen-bond donors (Lipinski definition) is 0. The van der Waals surface area contributed by atoms with E-state index in [2.05, 4.69) is 4.98 Å². The monoisotopic (exact) mass is 392 g/mol. The van der Waals surface area contributed by atoms with E-state index in [-0.39, 0.29) is 23.7 Å². The highest BCUT2D eigenvalue weighted by molar-refractivity contribution is 5.70. The van der Waals surface area contributed by atoms with Gasteiger partial charge in [-0.1, -0.05) is 0 Å². The Morgan fingerprint density at radius 1 is 1.10 bits per heavy atom. The third-order valence-electron chi connectivity index (χ3n) is 3.92. The van der Waals surface area contributed by atoms with E-state index in [1.807, 2.05) is 0 Å². The van der Waals surface area contributed by atoms with Crippen molar-refractivity contribution in [3.05, 3.63) is 77.4 Å². The van der Waals surface area contributed by atoms with E-state index in [0.29, 0.717) is 17.1 Å². The van der Waals surface area contributed by atoms with Crippen molar-refractivity contribution in [1.82, 2.24) is 4.98 Å². The van der Waals surface area contributed by atoms with Crippen LogP contribution in [0.5, 0.6) is 23.0 Å². The summed E-state index contributed by atoms with van der Waals surface area (Å²) in [4.78, 5) is 15.0. The number of pyridine rings is 1. The van der Waals surface area contributed by atoms with E-state index in [1.165, 1.54) is 13.0 Å². The zero-order valence-corrected chi connectivity index (χ0v) is 15.8. The van der Waals surface area contributed by atoms with Gasteiger partial charge in [-0.15, -0.1) is 0 Å². The third kappa shape index (κ3) is 5.08. The Morgan fingerprint density at radius 2 is 1.86 bits per heavy atom. The first-order valence-corrected chi connectivity index (χ1v) is 8.68. The van der Waals surface area contributed by atoms with Crippen LogP contribution in [0, 0.1) is 24.1 Å². The summed E-state index contributed by atoms with van der Waals surface area (Å²) in [6.45, 7) is 3.26. The summed E-state index contributed by atoms with van der Waals surface area (Å²) in [6, 6.07) is 12.7. The zero-order chi connectivity index (χ0) is 20.8. The number of ether oxygens (including phenoxy) is 3. The summed E-state index contributed by atoms with van der Waals surface area (Å²) in [5.74, 6) is -0.178. The predicted octanol–water partition coefficient (Wildman–Crippen LogP) is 4.70. The number of halogens is 1. The molecule has 3 aromatic rings. The minimum absolute atomic E-state index is 0.0249. The van der Waals surface area contributed by atoms with Gasteiger partial charge in [-0.2, -0.15) is 5.26 Å². The van der Waals surface area contributed by atoms with Crippen LogP contribution in [0.4, 0.5) is 4.39 Å². The summed E-state index contributed by atoms with van der Waals surface area (Å²) in [5.41, 5.74) is 1.29. The molecule has 1 heterocycles. The molecular weight excluding hydrogens is 375 g/mol. The average Bonchev–Trinajstić information content (AvgIpc) is 2.69. The van der Waals surface area contributed by atoms with E-state index in [9.17, 15) is 14.4 Å². The SMILES string of the molecule is CC(=O)Oc1ccc(Oc2cc(OCc3ccncc3)cc(F)c2C#N)cc1C. The number of carbonyl (C=O) groups excluding carboxylic acids is 1. The van der Waals surface area contributed by atoms with Crippen LogP contribution in [0.2, 0.25) is 0 Å². The summed E-state index contributed by atoms with van der Waals surface area (Å²) in [5, 5.41) is 9.30. The normalized spacial score (nSPS) is 10.1. The molecule has 0 aliphatic heterocycles. The first-order chi connectivity index (χ1) is 14.0. The lowest BCUT2D eigenvalue weighted by molar-refractivity contribution is -0.131. The summed E-state index contributed by atoms with van der Waals surface area (Å²) in [7, 11) is 0. The molecule has 0 aliphatic carbocycles. The number of nitrogens with zero attached hydrogens (tertiary/aromatic N) is 2. The van der Waals surface area contributed by atoms with E-state index in [0.717, 1.165) is 11.6 Å². The fraction of sp³-hybridized carbons (Fsp3) is 0.136. The molecule has 1 aromatic heterocycles. The van der Waals surface area contributed by atoms with Crippen molar-refractivity contribution in [2.45, 2.75) is 20.5 Å². The molecule has 0 unspecified atom stereocenters. The molecule has 0 saturated carbocycles. The topological polar surface area (TPSA) is 81.4 Å². The first-order valence-electron chi connectivity index (χ1n) is 8.68. The fourth-order valence-corrected chi connectivity index (χ4v) is 2.56. The van der Waals surface area contributed by atoms with Gasteiger partial charge in [-0.05, 0) is 48.4 Å². The van der Waals surface area contributed by atoms with Crippen LogP contribution < -0.4 is 14.2 Å². The van der Waals surface area contributed by atoms with E-state index < -0.39 is 11.8 Å². The molecule has 3 rings (SSSR count). The Bertz CT molecular complexity index is 1080. The lowest BCUT2D eigenvalue weighted by Gasteiger charge is -2.13. The maximum absolute atomic E-state index is 14.4. The highest BCUT2D eigenvalue weighted by Crippen LogP contribution is 2.33. The number of rotatable bonds is 6. The third-order valence-corrected chi connectivity index (χ3v) is 3.92. The summed E-state index contributed by atoms with van der Waals surface area (Å²) >= 11 is 0. The summed E-state index contributed by atoms with van der Waals surface area (Å²) < 4.78 is 30.8. The highest BCUT2D eigenvalue weighted by atomic mass is 19.1. The number of aromatic nitrogens is 1. The smallest absolute Gasteiger partial charge is 0.308 e. The Kier molecular flexibility index (Phi) is 6.05. The Hall–Kier alpha value is -3.92. The molecule has 0 spiro atoms. The van der Waals surface area contributed by atoms with Crippen LogP contribution in [-0.4, -0.2) is 11.0 Å². The van der Waals surface area contributed by atoms with Crippen molar-refractivity contribution in [1.29, 1.82) is 5.26 Å². The van der Waals surface area contributed by atoms with Crippen LogP contribution in [0.3, 0.4) is 0 Å². The molecule has 0 radical (unpaired) electrons. The van der Waals surface area contributed by atoms with Gasteiger partial charge in [0.25, 0.3) is 0 Å². The number of esters is 1. The van der Waals surface area contributed by atoms with Crippen LogP contribution in [-0.2, 0) is 11.4 Å². The Balaban J connectivity index is 1.84. The molecule has 0 N–H and O–H groups in total. The molecule has 0 fully saturated rings. The Morgan fingerprint density at radius 3 is 2.52 bits per heavy atom. The number of carbonyl (C=O) groups is 1. The molecule has 2 aromatic carbocycles. The zero-order valence-electron chi connectivity index (χ0n) is 15.8. The molecule has 6 nitrogen and oxygen atoms in total. The summed E-state index contributed by atoms with van der Waals surface area (Å²) in [6.07, 6.45) is 3.27. The minimum atomic E-state index is -0.747. The quantitative estimate of drug-likeness (QED) is 0.447. The average molecular weight is 392 g/mol. The van der Waals surface area contributed by atoms with Gasteiger partial charge in [0.15, 0.2) is 5.75 Å². The number of nitriles is 1. The molecule has 0 atom stereocenters. The maximum atomic E-state index is 14.4. The number of hydrogen-bond acceptors (Lipinski definition) is 6. The van der Waals surface area contributed by atoms with E-state index in [4.69, 9.17) is 14.2 Å². The van der Waals surface area contributed by atoms with Gasteiger partial charge in [0, 0.05) is 31.5 Å². The van der Waals surface area contributed by atoms with Crippen LogP contribution in [0.25, 0.3) is 0 Å². The van der Waals surface area contributed by atoms with Crippen molar-refractivity contribution in [2.24, 2.45) is 0 Å². The van der Waals surface area contributed by atoms with E-state index >= 15 is 0 Å². The first kappa shape index (κ1) is 19.8. The largest absolute Gasteiger partial charge is 0.489 e.